The lowest BCUT2D eigenvalue weighted by Crippen LogP contribution is -2.16. The zero-order valence-corrected chi connectivity index (χ0v) is 14.7. The first-order chi connectivity index (χ1) is 13.0. The third kappa shape index (κ3) is 3.74. The van der Waals surface area contributed by atoms with Crippen LogP contribution in [0.25, 0.3) is 11.4 Å². The fraction of sp³-hybridized carbons (Fsp3) is 0.105. The smallest absolute Gasteiger partial charge is 0.271 e. The zero-order valence-electron chi connectivity index (χ0n) is 14.7. The molecule has 1 aromatic heterocycles. The molecule has 0 radical (unpaired) electrons. The number of aromatic hydroxyl groups is 1. The molecule has 0 unspecified atom stereocenters. The van der Waals surface area contributed by atoms with Gasteiger partial charge in [-0.2, -0.15) is 4.98 Å². The van der Waals surface area contributed by atoms with Crippen LogP contribution in [-0.4, -0.2) is 35.2 Å². The second-order valence-corrected chi connectivity index (χ2v) is 5.40. The Kier molecular flexibility index (Phi) is 5.07. The van der Waals surface area contributed by atoms with Crippen LogP contribution in [0.2, 0.25) is 0 Å². The third-order valence-electron chi connectivity index (χ3n) is 3.65. The van der Waals surface area contributed by atoms with Crippen molar-refractivity contribution in [3.05, 3.63) is 54.2 Å². The number of nitrogens with zero attached hydrogens (tertiary/aromatic N) is 2. The van der Waals surface area contributed by atoms with Crippen molar-refractivity contribution in [2.45, 2.75) is 0 Å². The lowest BCUT2D eigenvalue weighted by atomic mass is 10.2. The molecule has 0 spiro atoms. The van der Waals surface area contributed by atoms with Crippen LogP contribution < -0.4 is 19.9 Å². The van der Waals surface area contributed by atoms with Gasteiger partial charge in [0, 0.05) is 5.56 Å². The largest absolute Gasteiger partial charge is 0.508 e. The predicted octanol–water partition coefficient (Wildman–Crippen LogP) is 2.76. The van der Waals surface area contributed by atoms with Gasteiger partial charge in [0.05, 0.1) is 14.2 Å². The second kappa shape index (κ2) is 7.61. The van der Waals surface area contributed by atoms with Crippen LogP contribution in [0.5, 0.6) is 28.9 Å². The minimum atomic E-state index is -0.818. The number of hydrogen-bond donors (Lipinski definition) is 2. The Balaban J connectivity index is 2.14. The first kappa shape index (κ1) is 18.0. The van der Waals surface area contributed by atoms with E-state index >= 15 is 0 Å². The molecule has 0 aliphatic rings. The summed E-state index contributed by atoms with van der Waals surface area (Å²) in [6.45, 7) is 0. The van der Waals surface area contributed by atoms with Crippen LogP contribution in [0.1, 0.15) is 10.5 Å². The van der Waals surface area contributed by atoms with E-state index in [1.165, 1.54) is 26.4 Å². The highest BCUT2D eigenvalue weighted by Gasteiger charge is 2.23. The molecule has 3 aromatic rings. The standard InChI is InChI=1S/C19H17N3O5/c1-25-13-8-3-4-9-14(13)27-16-15(17(20)24)21-18(22-19(16)26-2)11-6-5-7-12(23)10-11/h3-10,23H,1-2H3,(H2,20,24). The summed E-state index contributed by atoms with van der Waals surface area (Å²) >= 11 is 0. The molecule has 138 valence electrons. The molecule has 0 fully saturated rings. The Bertz CT molecular complexity index is 991. The SMILES string of the molecule is COc1ccccc1Oc1c(OC)nc(-c2cccc(O)c2)nc1C(N)=O. The van der Waals surface area contributed by atoms with Gasteiger partial charge in [-0.1, -0.05) is 24.3 Å². The van der Waals surface area contributed by atoms with Crippen molar-refractivity contribution < 1.29 is 24.1 Å². The van der Waals surface area contributed by atoms with Crippen LogP contribution in [0.15, 0.2) is 48.5 Å². The number of carbonyl (C=O) groups excluding carboxylic acids is 1. The van der Waals surface area contributed by atoms with Crippen LogP contribution >= 0.6 is 0 Å². The summed E-state index contributed by atoms with van der Waals surface area (Å²) in [5, 5.41) is 9.67. The first-order valence-corrected chi connectivity index (χ1v) is 7.89. The number of para-hydroxylation sites is 2. The minimum absolute atomic E-state index is 0.0167. The van der Waals surface area contributed by atoms with Crippen molar-refractivity contribution >= 4 is 5.91 Å². The molecule has 3 rings (SSSR count). The van der Waals surface area contributed by atoms with E-state index in [1.807, 2.05) is 0 Å². The summed E-state index contributed by atoms with van der Waals surface area (Å²) in [7, 11) is 2.88. The maximum atomic E-state index is 12.0. The Morgan fingerprint density at radius 3 is 2.37 bits per heavy atom. The Hall–Kier alpha value is -3.81. The molecule has 0 bridgehead atoms. The second-order valence-electron chi connectivity index (χ2n) is 5.40. The van der Waals surface area contributed by atoms with E-state index in [1.54, 1.807) is 36.4 Å². The van der Waals surface area contributed by atoms with Crippen LogP contribution in [0, 0.1) is 0 Å². The van der Waals surface area contributed by atoms with E-state index in [2.05, 4.69) is 9.97 Å². The molecule has 2 aromatic carbocycles. The predicted molar refractivity (Wildman–Crippen MR) is 97.3 cm³/mol. The number of methoxy groups -OCH3 is 2. The number of amides is 1. The molecule has 1 heterocycles. The molecule has 8 nitrogen and oxygen atoms in total. The number of carbonyl (C=O) groups is 1. The number of rotatable bonds is 6. The lowest BCUT2D eigenvalue weighted by molar-refractivity contribution is 0.0992. The molecule has 3 N–H and O–H groups in total. The number of ether oxygens (including phenoxy) is 3. The molecule has 8 heteroatoms. The highest BCUT2D eigenvalue weighted by Crippen LogP contribution is 2.38. The van der Waals surface area contributed by atoms with Gasteiger partial charge < -0.3 is 25.1 Å². The van der Waals surface area contributed by atoms with Gasteiger partial charge >= 0.3 is 0 Å². The quantitative estimate of drug-likeness (QED) is 0.688. The molecule has 1 amide bonds. The number of aromatic nitrogens is 2. The van der Waals surface area contributed by atoms with Crippen molar-refractivity contribution in [3.8, 4) is 40.3 Å². The first-order valence-electron chi connectivity index (χ1n) is 7.89. The summed E-state index contributed by atoms with van der Waals surface area (Å²) < 4.78 is 16.3. The summed E-state index contributed by atoms with van der Waals surface area (Å²) in [5.41, 5.74) is 5.82. The van der Waals surface area contributed by atoms with Gasteiger partial charge in [0.15, 0.2) is 23.0 Å². The van der Waals surface area contributed by atoms with Crippen molar-refractivity contribution in [3.63, 3.8) is 0 Å². The molecule has 0 aliphatic heterocycles. The van der Waals surface area contributed by atoms with Crippen molar-refractivity contribution in [1.29, 1.82) is 0 Å². The van der Waals surface area contributed by atoms with Crippen LogP contribution in [0.4, 0.5) is 0 Å². The van der Waals surface area contributed by atoms with Gasteiger partial charge in [-0.15, -0.1) is 0 Å². The Morgan fingerprint density at radius 1 is 1.00 bits per heavy atom. The van der Waals surface area contributed by atoms with E-state index < -0.39 is 5.91 Å². The zero-order chi connectivity index (χ0) is 19.4. The van der Waals surface area contributed by atoms with E-state index in [0.29, 0.717) is 17.1 Å². The van der Waals surface area contributed by atoms with Crippen molar-refractivity contribution in [1.82, 2.24) is 9.97 Å². The third-order valence-corrected chi connectivity index (χ3v) is 3.65. The summed E-state index contributed by atoms with van der Waals surface area (Å²) in [6, 6.07) is 13.2. The van der Waals surface area contributed by atoms with Gasteiger partial charge in [0.25, 0.3) is 11.8 Å². The van der Waals surface area contributed by atoms with Gasteiger partial charge in [-0.25, -0.2) is 4.98 Å². The van der Waals surface area contributed by atoms with Crippen molar-refractivity contribution in [2.75, 3.05) is 14.2 Å². The number of nitrogens with two attached hydrogens (primary N) is 1. The van der Waals surface area contributed by atoms with Gasteiger partial charge in [0.1, 0.15) is 5.75 Å². The van der Waals surface area contributed by atoms with E-state index in [9.17, 15) is 9.90 Å². The fourth-order valence-corrected chi connectivity index (χ4v) is 2.41. The van der Waals surface area contributed by atoms with Gasteiger partial charge in [-0.05, 0) is 24.3 Å². The Labute approximate surface area is 155 Å². The highest BCUT2D eigenvalue weighted by molar-refractivity contribution is 5.95. The number of benzene rings is 2. The molecular formula is C19H17N3O5. The lowest BCUT2D eigenvalue weighted by Gasteiger charge is -2.15. The molecule has 0 atom stereocenters. The molecule has 27 heavy (non-hydrogen) atoms. The summed E-state index contributed by atoms with van der Waals surface area (Å²) in [4.78, 5) is 20.5. The minimum Gasteiger partial charge on any atom is -0.508 e. The van der Waals surface area contributed by atoms with Crippen LogP contribution in [-0.2, 0) is 0 Å². The molecule has 0 aliphatic carbocycles. The van der Waals surface area contributed by atoms with E-state index in [0.717, 1.165) is 0 Å². The number of phenols is 1. The monoisotopic (exact) mass is 367 g/mol. The van der Waals surface area contributed by atoms with Crippen LogP contribution in [0.3, 0.4) is 0 Å². The normalized spacial score (nSPS) is 10.3. The van der Waals surface area contributed by atoms with Crippen molar-refractivity contribution in [2.24, 2.45) is 5.73 Å². The van der Waals surface area contributed by atoms with Gasteiger partial charge in [0.2, 0.25) is 5.75 Å². The fourth-order valence-electron chi connectivity index (χ4n) is 2.41. The molecule has 0 saturated heterocycles. The highest BCUT2D eigenvalue weighted by atomic mass is 16.5. The Morgan fingerprint density at radius 2 is 1.74 bits per heavy atom. The van der Waals surface area contributed by atoms with Gasteiger partial charge in [-0.3, -0.25) is 4.79 Å². The maximum absolute atomic E-state index is 12.0. The topological polar surface area (TPSA) is 117 Å². The number of phenolic OH excluding ortho intramolecular Hbond substituents is 1. The number of primary amides is 1. The summed E-state index contributed by atoms with van der Waals surface area (Å²) in [5.74, 6) is 0.152. The number of hydrogen-bond acceptors (Lipinski definition) is 7. The molecule has 0 saturated carbocycles. The average Bonchev–Trinajstić information content (AvgIpc) is 2.68. The summed E-state index contributed by atoms with van der Waals surface area (Å²) in [6.07, 6.45) is 0. The van der Waals surface area contributed by atoms with E-state index in [4.69, 9.17) is 19.9 Å². The average molecular weight is 367 g/mol. The maximum Gasteiger partial charge on any atom is 0.271 e. The van der Waals surface area contributed by atoms with E-state index in [-0.39, 0.29) is 28.9 Å². The molecular weight excluding hydrogens is 350 g/mol.